The van der Waals surface area contributed by atoms with Gasteiger partial charge in [-0.1, -0.05) is 24.3 Å². The van der Waals surface area contributed by atoms with Crippen LogP contribution in [0, 0.1) is 0 Å². The number of aromatic carboxylic acids is 1. The van der Waals surface area contributed by atoms with Crippen molar-refractivity contribution in [2.45, 2.75) is 38.4 Å². The SMILES string of the molecule is CN[C@@H](C)CN[C@H]1CN(C(=O)CCCN)c2ccccc2N(Cc2c(OC)ccc3cc(C(=O)O)ccc23)C1=O.Cl. The first-order valence-electron chi connectivity index (χ1n) is 13.4. The lowest BCUT2D eigenvalue weighted by molar-refractivity contribution is -0.120. The Kier molecular flexibility index (Phi) is 11.1. The number of benzene rings is 3. The van der Waals surface area contributed by atoms with Gasteiger partial charge in [-0.15, -0.1) is 12.4 Å². The van der Waals surface area contributed by atoms with Crippen LogP contribution in [0.2, 0.25) is 0 Å². The van der Waals surface area contributed by atoms with E-state index in [1.54, 1.807) is 41.2 Å². The number of ether oxygens (including phenoxy) is 1. The summed E-state index contributed by atoms with van der Waals surface area (Å²) in [4.78, 5) is 42.6. The number of carboxylic acid groups (broad SMARTS) is 1. The van der Waals surface area contributed by atoms with Gasteiger partial charge in [0.2, 0.25) is 11.8 Å². The van der Waals surface area contributed by atoms with Crippen LogP contribution in [0.5, 0.6) is 5.75 Å². The molecule has 3 aromatic carbocycles. The molecule has 0 unspecified atom stereocenters. The van der Waals surface area contributed by atoms with E-state index < -0.39 is 12.0 Å². The topological polar surface area (TPSA) is 137 Å². The Balaban J connectivity index is 0.00000462. The molecular weight excluding hydrogens is 546 g/mol. The molecule has 0 radical (unpaired) electrons. The minimum Gasteiger partial charge on any atom is -0.496 e. The zero-order chi connectivity index (χ0) is 28.8. The molecule has 2 atom stereocenters. The largest absolute Gasteiger partial charge is 0.496 e. The number of carboxylic acids is 1. The van der Waals surface area contributed by atoms with E-state index in [0.717, 1.165) is 16.3 Å². The number of carbonyl (C=O) groups excluding carboxylic acids is 2. The Morgan fingerprint density at radius 3 is 2.54 bits per heavy atom. The Morgan fingerprint density at radius 2 is 1.88 bits per heavy atom. The molecule has 4 rings (SSSR count). The van der Waals surface area contributed by atoms with Gasteiger partial charge in [-0.2, -0.15) is 0 Å². The number of fused-ring (bicyclic) bond motifs is 2. The summed E-state index contributed by atoms with van der Waals surface area (Å²) in [6, 6.07) is 15.3. The zero-order valence-corrected chi connectivity index (χ0v) is 24.4. The Morgan fingerprint density at radius 1 is 1.15 bits per heavy atom. The number of hydrogen-bond donors (Lipinski definition) is 4. The normalized spacial score (nSPS) is 15.6. The van der Waals surface area contributed by atoms with Crippen molar-refractivity contribution in [3.63, 3.8) is 0 Å². The van der Waals surface area contributed by atoms with Crippen LogP contribution in [0.25, 0.3) is 10.8 Å². The number of anilines is 2. The molecule has 220 valence electrons. The van der Waals surface area contributed by atoms with Crippen molar-refractivity contribution in [2.24, 2.45) is 5.73 Å². The average Bonchev–Trinajstić information content (AvgIpc) is 3.08. The van der Waals surface area contributed by atoms with Gasteiger partial charge in [0.25, 0.3) is 0 Å². The van der Waals surface area contributed by atoms with E-state index in [0.29, 0.717) is 36.6 Å². The van der Waals surface area contributed by atoms with E-state index in [1.807, 2.05) is 44.3 Å². The fourth-order valence-electron chi connectivity index (χ4n) is 4.97. The third kappa shape index (κ3) is 6.97. The van der Waals surface area contributed by atoms with Crippen molar-refractivity contribution in [3.05, 3.63) is 65.7 Å². The van der Waals surface area contributed by atoms with Gasteiger partial charge in [0, 0.05) is 24.6 Å². The molecule has 0 spiro atoms. The van der Waals surface area contributed by atoms with Crippen molar-refractivity contribution < 1.29 is 24.2 Å². The van der Waals surface area contributed by atoms with Crippen molar-refractivity contribution in [2.75, 3.05) is 43.6 Å². The number of hydrogen-bond acceptors (Lipinski definition) is 7. The van der Waals surface area contributed by atoms with Crippen molar-refractivity contribution in [1.82, 2.24) is 10.6 Å². The third-order valence-corrected chi connectivity index (χ3v) is 7.32. The molecule has 10 nitrogen and oxygen atoms in total. The zero-order valence-electron chi connectivity index (χ0n) is 23.6. The second kappa shape index (κ2) is 14.3. The van der Waals surface area contributed by atoms with Crippen LogP contribution < -0.4 is 30.9 Å². The van der Waals surface area contributed by atoms with Crippen LogP contribution in [0.1, 0.15) is 35.7 Å². The van der Waals surface area contributed by atoms with Gasteiger partial charge < -0.3 is 36.0 Å². The summed E-state index contributed by atoms with van der Waals surface area (Å²) in [5.74, 6) is -0.703. The molecule has 41 heavy (non-hydrogen) atoms. The molecular formula is C30H38ClN5O5. The van der Waals surface area contributed by atoms with Crippen LogP contribution >= 0.6 is 12.4 Å². The summed E-state index contributed by atoms with van der Waals surface area (Å²) in [6.07, 6.45) is 0.831. The van der Waals surface area contributed by atoms with Gasteiger partial charge in [0.15, 0.2) is 0 Å². The third-order valence-electron chi connectivity index (χ3n) is 7.32. The molecule has 0 aliphatic carbocycles. The van der Waals surface area contributed by atoms with Gasteiger partial charge in [-0.3, -0.25) is 9.59 Å². The van der Waals surface area contributed by atoms with E-state index in [4.69, 9.17) is 10.5 Å². The molecule has 0 fully saturated rings. The van der Waals surface area contributed by atoms with E-state index >= 15 is 0 Å². The molecule has 5 N–H and O–H groups in total. The van der Waals surface area contributed by atoms with Gasteiger partial charge in [0.1, 0.15) is 11.8 Å². The summed E-state index contributed by atoms with van der Waals surface area (Å²) >= 11 is 0. The smallest absolute Gasteiger partial charge is 0.335 e. The fourth-order valence-corrected chi connectivity index (χ4v) is 4.97. The molecule has 1 heterocycles. The van der Waals surface area contributed by atoms with Gasteiger partial charge >= 0.3 is 5.97 Å². The molecule has 0 bridgehead atoms. The minimum absolute atomic E-state index is 0. The van der Waals surface area contributed by atoms with Crippen LogP contribution in [0.3, 0.4) is 0 Å². The number of amides is 2. The second-order valence-corrected chi connectivity index (χ2v) is 9.95. The van der Waals surface area contributed by atoms with E-state index in [1.165, 1.54) is 0 Å². The lowest BCUT2D eigenvalue weighted by atomic mass is 10.00. The molecule has 1 aliphatic heterocycles. The van der Waals surface area contributed by atoms with Crippen molar-refractivity contribution >= 4 is 52.3 Å². The maximum Gasteiger partial charge on any atom is 0.335 e. The van der Waals surface area contributed by atoms with Crippen LogP contribution in [-0.2, 0) is 16.1 Å². The van der Waals surface area contributed by atoms with Gasteiger partial charge in [-0.05, 0) is 68.0 Å². The molecule has 0 aromatic heterocycles. The quantitative estimate of drug-likeness (QED) is 0.270. The first-order valence-corrected chi connectivity index (χ1v) is 13.4. The first-order chi connectivity index (χ1) is 19.3. The summed E-state index contributed by atoms with van der Waals surface area (Å²) in [7, 11) is 3.42. The van der Waals surface area contributed by atoms with Gasteiger partial charge in [0.05, 0.1) is 37.1 Å². The number of halogens is 1. The maximum absolute atomic E-state index is 14.2. The van der Waals surface area contributed by atoms with Crippen LogP contribution in [0.15, 0.2) is 54.6 Å². The number of methoxy groups -OCH3 is 1. The number of rotatable bonds is 11. The second-order valence-electron chi connectivity index (χ2n) is 9.95. The molecule has 0 saturated heterocycles. The molecule has 2 amide bonds. The number of nitrogens with zero attached hydrogens (tertiary/aromatic N) is 2. The summed E-state index contributed by atoms with van der Waals surface area (Å²) in [5, 5.41) is 17.5. The number of nitrogens with two attached hydrogens (primary N) is 1. The first kappa shape index (κ1) is 31.8. The Hall–Kier alpha value is -3.70. The molecule has 1 aliphatic rings. The number of nitrogens with one attached hydrogen (secondary N) is 2. The summed E-state index contributed by atoms with van der Waals surface area (Å²) in [6.45, 7) is 3.28. The Labute approximate surface area is 246 Å². The van der Waals surface area contributed by atoms with Gasteiger partial charge in [-0.25, -0.2) is 4.79 Å². The Bertz CT molecular complexity index is 1400. The summed E-state index contributed by atoms with van der Waals surface area (Å²) < 4.78 is 5.70. The predicted molar refractivity (Wildman–Crippen MR) is 163 cm³/mol. The minimum atomic E-state index is -1.01. The van der Waals surface area contributed by atoms with E-state index in [9.17, 15) is 19.5 Å². The average molecular weight is 584 g/mol. The number of carbonyl (C=O) groups is 3. The predicted octanol–water partition coefficient (Wildman–Crippen LogP) is 3.15. The highest BCUT2D eigenvalue weighted by molar-refractivity contribution is 6.07. The standard InChI is InChI=1S/C30H37N5O5.ClH/c1-19(32-2)16-33-24-18-34(28(36)9-6-14-31)25-7-4-5-8-26(25)35(29(24)37)17-23-22-12-10-21(30(38)39)15-20(22)11-13-27(23)40-3;/h4-5,7-8,10-13,15,19,24,32-33H,6,9,14,16-18,31H2,1-3H3,(H,38,39);1H/t19-,24-;/m0./s1. The van der Waals surface area contributed by atoms with E-state index in [-0.39, 0.29) is 55.3 Å². The lowest BCUT2D eigenvalue weighted by Crippen LogP contribution is -2.53. The number of likely N-dealkylation sites (N-methyl/N-ethyl adjacent to an activating group) is 1. The number of para-hydroxylation sites is 2. The van der Waals surface area contributed by atoms with E-state index in [2.05, 4.69) is 10.6 Å². The summed E-state index contributed by atoms with van der Waals surface area (Å²) in [5.41, 5.74) is 7.86. The highest BCUT2D eigenvalue weighted by Crippen LogP contribution is 2.37. The lowest BCUT2D eigenvalue weighted by Gasteiger charge is -2.27. The molecule has 0 saturated carbocycles. The molecule has 11 heteroatoms. The highest BCUT2D eigenvalue weighted by Gasteiger charge is 2.36. The van der Waals surface area contributed by atoms with Crippen LogP contribution in [0.4, 0.5) is 11.4 Å². The van der Waals surface area contributed by atoms with Crippen molar-refractivity contribution in [3.8, 4) is 5.75 Å². The van der Waals surface area contributed by atoms with Crippen molar-refractivity contribution in [1.29, 1.82) is 0 Å². The molecule has 3 aromatic rings. The highest BCUT2D eigenvalue weighted by atomic mass is 35.5. The van der Waals surface area contributed by atoms with Crippen LogP contribution in [-0.4, -0.2) is 68.8 Å². The monoisotopic (exact) mass is 583 g/mol. The maximum atomic E-state index is 14.2. The fraction of sp³-hybridized carbons (Fsp3) is 0.367.